The molecule has 0 aromatic carbocycles. The van der Waals surface area contributed by atoms with E-state index in [4.69, 9.17) is 5.21 Å². The van der Waals surface area contributed by atoms with Crippen molar-refractivity contribution in [2.45, 2.75) is 77.2 Å². The van der Waals surface area contributed by atoms with E-state index in [1.165, 1.54) is 0 Å². The van der Waals surface area contributed by atoms with E-state index in [0.29, 0.717) is 19.4 Å². The van der Waals surface area contributed by atoms with Gasteiger partial charge in [-0.25, -0.2) is 5.48 Å². The van der Waals surface area contributed by atoms with E-state index in [2.05, 4.69) is 5.32 Å². The van der Waals surface area contributed by atoms with Gasteiger partial charge in [-0.1, -0.05) is 45.4 Å². The summed E-state index contributed by atoms with van der Waals surface area (Å²) in [4.78, 5) is 38.5. The molecule has 0 radical (unpaired) electrons. The number of hydrogen-bond acceptors (Lipinski definition) is 4. The van der Waals surface area contributed by atoms with E-state index < -0.39 is 17.9 Å². The monoisotopic (exact) mass is 355 g/mol. The van der Waals surface area contributed by atoms with Crippen molar-refractivity contribution in [3.05, 3.63) is 0 Å². The summed E-state index contributed by atoms with van der Waals surface area (Å²) in [6.45, 7) is 2.67. The highest BCUT2D eigenvalue weighted by Crippen LogP contribution is 2.17. The van der Waals surface area contributed by atoms with Gasteiger partial charge in [0.1, 0.15) is 6.04 Å². The van der Waals surface area contributed by atoms with Crippen molar-refractivity contribution in [1.29, 1.82) is 0 Å². The van der Waals surface area contributed by atoms with Crippen molar-refractivity contribution < 1.29 is 19.6 Å². The van der Waals surface area contributed by atoms with E-state index in [0.717, 1.165) is 44.9 Å². The van der Waals surface area contributed by atoms with Gasteiger partial charge in [0, 0.05) is 25.9 Å². The minimum absolute atomic E-state index is 0.0643. The molecular weight excluding hydrogens is 322 g/mol. The fraction of sp³-hybridized carbons (Fsp3) is 0.833. The number of nitrogens with one attached hydrogen (secondary N) is 2. The van der Waals surface area contributed by atoms with Crippen LogP contribution in [0.15, 0.2) is 0 Å². The van der Waals surface area contributed by atoms with E-state index >= 15 is 0 Å². The third-order valence-corrected chi connectivity index (χ3v) is 4.79. The molecule has 144 valence electrons. The molecule has 2 atom stereocenters. The second kappa shape index (κ2) is 11.8. The lowest BCUT2D eigenvalue weighted by atomic mass is 9.95. The molecular formula is C18H33N3O4. The molecule has 0 aliphatic carbocycles. The molecule has 0 unspecified atom stereocenters. The van der Waals surface area contributed by atoms with Gasteiger partial charge in [0.05, 0.1) is 0 Å². The van der Waals surface area contributed by atoms with Gasteiger partial charge >= 0.3 is 0 Å². The first-order valence-electron chi connectivity index (χ1n) is 9.47. The first-order chi connectivity index (χ1) is 12.0. The topological polar surface area (TPSA) is 98.7 Å². The van der Waals surface area contributed by atoms with Gasteiger partial charge in [-0.2, -0.15) is 0 Å². The maximum atomic E-state index is 12.6. The molecule has 7 nitrogen and oxygen atoms in total. The van der Waals surface area contributed by atoms with Gasteiger partial charge in [0.2, 0.25) is 17.7 Å². The molecule has 3 N–H and O–H groups in total. The number of nitrogens with zero attached hydrogens (tertiary/aromatic N) is 1. The highest BCUT2D eigenvalue weighted by atomic mass is 16.5. The van der Waals surface area contributed by atoms with E-state index in [1.54, 1.807) is 17.4 Å². The third-order valence-electron chi connectivity index (χ3n) is 4.79. The van der Waals surface area contributed by atoms with Gasteiger partial charge in [-0.3, -0.25) is 19.6 Å². The number of carbonyl (C=O) groups is 3. The molecule has 1 heterocycles. The van der Waals surface area contributed by atoms with Crippen LogP contribution in [0, 0.1) is 5.92 Å². The quantitative estimate of drug-likeness (QED) is 0.530. The molecule has 1 fully saturated rings. The maximum Gasteiger partial charge on any atom is 0.244 e. The Morgan fingerprint density at radius 1 is 1.20 bits per heavy atom. The van der Waals surface area contributed by atoms with Crippen molar-refractivity contribution >= 4 is 17.7 Å². The lowest BCUT2D eigenvalue weighted by Gasteiger charge is -2.26. The summed E-state index contributed by atoms with van der Waals surface area (Å²) in [6.07, 6.45) is 8.06. The Labute approximate surface area is 150 Å². The zero-order chi connectivity index (χ0) is 18.7. The fourth-order valence-electron chi connectivity index (χ4n) is 3.25. The lowest BCUT2D eigenvalue weighted by molar-refractivity contribution is -0.138. The fourth-order valence-corrected chi connectivity index (χ4v) is 3.25. The van der Waals surface area contributed by atoms with E-state index in [1.807, 2.05) is 6.92 Å². The number of rotatable bonds is 4. The second-order valence-corrected chi connectivity index (χ2v) is 6.96. The average molecular weight is 355 g/mol. The van der Waals surface area contributed by atoms with Crippen molar-refractivity contribution in [2.75, 3.05) is 13.6 Å². The average Bonchev–Trinajstić information content (AvgIpc) is 2.60. The molecule has 1 aliphatic rings. The molecule has 0 bridgehead atoms. The zero-order valence-electron chi connectivity index (χ0n) is 15.6. The van der Waals surface area contributed by atoms with Crippen LogP contribution in [0.4, 0.5) is 0 Å². The van der Waals surface area contributed by atoms with Crippen LogP contribution >= 0.6 is 0 Å². The van der Waals surface area contributed by atoms with Gasteiger partial charge in [0.15, 0.2) is 0 Å². The molecule has 0 aromatic rings. The van der Waals surface area contributed by atoms with E-state index in [-0.39, 0.29) is 18.2 Å². The Balaban J connectivity index is 2.86. The lowest BCUT2D eigenvalue weighted by Crippen LogP contribution is -2.49. The first kappa shape index (κ1) is 21.4. The molecule has 1 saturated heterocycles. The predicted octanol–water partition coefficient (Wildman–Crippen LogP) is 1.99. The summed E-state index contributed by atoms with van der Waals surface area (Å²) in [5, 5.41) is 11.6. The SMILES string of the molecule is CCC[C@@H]1NC(=O)[C@@H](CC(=O)NO)CCCCCCCCN(C)C1=O. The van der Waals surface area contributed by atoms with Crippen LogP contribution in [-0.4, -0.2) is 47.5 Å². The molecule has 7 heteroatoms. The highest BCUT2D eigenvalue weighted by Gasteiger charge is 2.28. The first-order valence-corrected chi connectivity index (χ1v) is 9.47. The summed E-state index contributed by atoms with van der Waals surface area (Å²) >= 11 is 0. The Kier molecular flexibility index (Phi) is 10.1. The van der Waals surface area contributed by atoms with E-state index in [9.17, 15) is 14.4 Å². The van der Waals surface area contributed by atoms with Crippen LogP contribution in [0.5, 0.6) is 0 Å². The van der Waals surface area contributed by atoms with Crippen molar-refractivity contribution in [2.24, 2.45) is 5.92 Å². The van der Waals surface area contributed by atoms with Crippen molar-refractivity contribution in [3.63, 3.8) is 0 Å². The van der Waals surface area contributed by atoms with Crippen molar-refractivity contribution in [1.82, 2.24) is 15.7 Å². The summed E-state index contributed by atoms with van der Waals surface area (Å²) in [6, 6.07) is -0.551. The Morgan fingerprint density at radius 2 is 1.84 bits per heavy atom. The summed E-state index contributed by atoms with van der Waals surface area (Å²) in [5.74, 6) is -1.44. The van der Waals surface area contributed by atoms with Gasteiger partial charge in [-0.05, 0) is 19.3 Å². The highest BCUT2D eigenvalue weighted by molar-refractivity contribution is 5.90. The molecule has 3 amide bonds. The molecule has 0 saturated carbocycles. The third kappa shape index (κ3) is 7.86. The van der Waals surface area contributed by atoms with Crippen molar-refractivity contribution in [3.8, 4) is 0 Å². The smallest absolute Gasteiger partial charge is 0.244 e. The molecule has 0 spiro atoms. The minimum Gasteiger partial charge on any atom is -0.344 e. The van der Waals surface area contributed by atoms with Crippen LogP contribution in [0.3, 0.4) is 0 Å². The molecule has 25 heavy (non-hydrogen) atoms. The number of hydroxylamine groups is 1. The van der Waals surface area contributed by atoms with Crippen LogP contribution in [-0.2, 0) is 14.4 Å². The summed E-state index contributed by atoms with van der Waals surface area (Å²) in [5.41, 5.74) is 1.60. The van der Waals surface area contributed by atoms with Crippen LogP contribution in [0.2, 0.25) is 0 Å². The van der Waals surface area contributed by atoms with Crippen LogP contribution in [0.1, 0.15) is 71.1 Å². The second-order valence-electron chi connectivity index (χ2n) is 6.96. The molecule has 1 aliphatic heterocycles. The number of hydrogen-bond donors (Lipinski definition) is 3. The Bertz CT molecular complexity index is 442. The predicted molar refractivity (Wildman–Crippen MR) is 94.8 cm³/mol. The standard InChI is InChI=1S/C18H33N3O4/c1-3-10-15-18(24)21(2)12-9-7-5-4-6-8-11-14(17(23)19-15)13-16(22)20-25/h14-15,25H,3-13H2,1-2H3,(H,19,23)(H,20,22)/t14-,15+/m1/s1. The number of likely N-dealkylation sites (N-methyl/N-ethyl adjacent to an activating group) is 1. The van der Waals surface area contributed by atoms with Crippen LogP contribution in [0.25, 0.3) is 0 Å². The zero-order valence-corrected chi connectivity index (χ0v) is 15.6. The normalized spacial score (nSPS) is 24.4. The summed E-state index contributed by atoms with van der Waals surface area (Å²) < 4.78 is 0. The largest absolute Gasteiger partial charge is 0.344 e. The maximum absolute atomic E-state index is 12.6. The van der Waals surface area contributed by atoms with Crippen LogP contribution < -0.4 is 10.8 Å². The number of amides is 3. The molecule has 0 aromatic heterocycles. The Hall–Kier alpha value is -1.63. The summed E-state index contributed by atoms with van der Waals surface area (Å²) in [7, 11) is 1.78. The Morgan fingerprint density at radius 3 is 2.48 bits per heavy atom. The van der Waals surface area contributed by atoms with Gasteiger partial charge in [-0.15, -0.1) is 0 Å². The minimum atomic E-state index is -0.572. The van der Waals surface area contributed by atoms with Gasteiger partial charge in [0.25, 0.3) is 0 Å². The number of carbonyl (C=O) groups excluding carboxylic acids is 3. The molecule has 1 rings (SSSR count). The van der Waals surface area contributed by atoms with Gasteiger partial charge < -0.3 is 10.2 Å².